The number of anilines is 2. The van der Waals surface area contributed by atoms with Crippen LogP contribution < -0.4 is 19.1 Å². The van der Waals surface area contributed by atoms with Crippen LogP contribution in [0.1, 0.15) is 6.92 Å². The number of rotatable bonds is 5. The average molecular weight is 376 g/mol. The van der Waals surface area contributed by atoms with Crippen LogP contribution in [0.2, 0.25) is 0 Å². The number of nitrogens with one attached hydrogen (secondary N) is 1. The van der Waals surface area contributed by atoms with Crippen molar-refractivity contribution in [2.75, 3.05) is 29.0 Å². The summed E-state index contributed by atoms with van der Waals surface area (Å²) in [5.74, 6) is 0.643. The molecule has 1 amide bonds. The van der Waals surface area contributed by atoms with E-state index in [1.54, 1.807) is 48.5 Å². The Labute approximate surface area is 152 Å². The van der Waals surface area contributed by atoms with Crippen LogP contribution in [0.5, 0.6) is 11.5 Å². The molecule has 0 bridgehead atoms. The van der Waals surface area contributed by atoms with Gasteiger partial charge in [0.05, 0.1) is 25.1 Å². The Kier molecular flexibility index (Phi) is 5.03. The van der Waals surface area contributed by atoms with E-state index in [-0.39, 0.29) is 6.54 Å². The highest BCUT2D eigenvalue weighted by atomic mass is 32.2. The van der Waals surface area contributed by atoms with Gasteiger partial charge >= 0.3 is 0 Å². The summed E-state index contributed by atoms with van der Waals surface area (Å²) in [7, 11) is -3.53. The van der Waals surface area contributed by atoms with E-state index in [9.17, 15) is 13.2 Å². The monoisotopic (exact) mass is 376 g/mol. The lowest BCUT2D eigenvalue weighted by Crippen LogP contribution is -2.48. The molecule has 0 saturated heterocycles. The molecule has 1 aliphatic rings. The molecule has 26 heavy (non-hydrogen) atoms. The molecule has 0 unspecified atom stereocenters. The van der Waals surface area contributed by atoms with Crippen LogP contribution in [0, 0.1) is 0 Å². The first-order chi connectivity index (χ1) is 12.4. The normalized spacial score (nSPS) is 16.4. The number of sulfonamides is 1. The number of benzene rings is 2. The first-order valence-corrected chi connectivity index (χ1v) is 10.0. The number of para-hydroxylation sites is 2. The number of amides is 1. The molecule has 0 aliphatic carbocycles. The van der Waals surface area contributed by atoms with Gasteiger partial charge in [0, 0.05) is 5.69 Å². The quantitative estimate of drug-likeness (QED) is 0.865. The number of hydrogen-bond acceptors (Lipinski definition) is 5. The number of carbonyl (C=O) groups excluding carboxylic acids is 1. The largest absolute Gasteiger partial charge is 0.494 e. The van der Waals surface area contributed by atoms with Gasteiger partial charge in [-0.2, -0.15) is 0 Å². The van der Waals surface area contributed by atoms with Crippen molar-refractivity contribution in [3.05, 3.63) is 48.5 Å². The van der Waals surface area contributed by atoms with E-state index in [1.807, 2.05) is 6.92 Å². The second-order valence-electron chi connectivity index (χ2n) is 5.81. The molecule has 2 aromatic carbocycles. The zero-order chi connectivity index (χ0) is 18.7. The van der Waals surface area contributed by atoms with Gasteiger partial charge in [-0.15, -0.1) is 0 Å². The van der Waals surface area contributed by atoms with Crippen LogP contribution in [-0.2, 0) is 14.8 Å². The maximum absolute atomic E-state index is 12.6. The molecule has 0 aromatic heterocycles. The zero-order valence-corrected chi connectivity index (χ0v) is 15.3. The van der Waals surface area contributed by atoms with E-state index in [0.29, 0.717) is 29.5 Å². The summed E-state index contributed by atoms with van der Waals surface area (Å²) in [6.45, 7) is 2.36. The van der Waals surface area contributed by atoms with E-state index < -0.39 is 22.0 Å². The van der Waals surface area contributed by atoms with Crippen LogP contribution in [-0.4, -0.2) is 39.8 Å². The lowest BCUT2D eigenvalue weighted by atomic mass is 10.2. The van der Waals surface area contributed by atoms with Gasteiger partial charge in [-0.3, -0.25) is 9.10 Å². The molecular weight excluding hydrogens is 356 g/mol. The first kappa shape index (κ1) is 18.1. The molecule has 1 aliphatic heterocycles. The standard InChI is InChI=1S/C18H20N2O5S/c1-3-24-14-10-8-13(9-11-14)19-18(21)17-12-20(26(2,22)23)15-6-4-5-7-16(15)25-17/h4-11,17H,3,12H2,1-2H3,(H,19,21)/t17-/m0/s1. The summed E-state index contributed by atoms with van der Waals surface area (Å²) in [6.07, 6.45) is 0.155. The molecule has 138 valence electrons. The molecule has 1 N–H and O–H groups in total. The maximum Gasteiger partial charge on any atom is 0.267 e. The topological polar surface area (TPSA) is 84.9 Å². The third kappa shape index (κ3) is 3.91. The smallest absolute Gasteiger partial charge is 0.267 e. The highest BCUT2D eigenvalue weighted by Crippen LogP contribution is 2.34. The molecule has 0 radical (unpaired) electrons. The van der Waals surface area contributed by atoms with Gasteiger partial charge in [-0.05, 0) is 43.3 Å². The van der Waals surface area contributed by atoms with Crippen molar-refractivity contribution >= 4 is 27.3 Å². The van der Waals surface area contributed by atoms with Crippen molar-refractivity contribution in [2.24, 2.45) is 0 Å². The Morgan fingerprint density at radius 3 is 2.58 bits per heavy atom. The number of nitrogens with zero attached hydrogens (tertiary/aromatic N) is 1. The summed E-state index contributed by atoms with van der Waals surface area (Å²) in [6, 6.07) is 13.7. The van der Waals surface area contributed by atoms with Crippen LogP contribution >= 0.6 is 0 Å². The second-order valence-corrected chi connectivity index (χ2v) is 7.72. The highest BCUT2D eigenvalue weighted by Gasteiger charge is 2.34. The van der Waals surface area contributed by atoms with E-state index in [2.05, 4.69) is 5.32 Å². The van der Waals surface area contributed by atoms with Gasteiger partial charge in [-0.25, -0.2) is 8.42 Å². The molecule has 2 aromatic rings. The predicted octanol–water partition coefficient (Wildman–Crippen LogP) is 2.25. The summed E-state index contributed by atoms with van der Waals surface area (Å²) < 4.78 is 36.5. The molecule has 0 spiro atoms. The van der Waals surface area contributed by atoms with Crippen LogP contribution in [0.3, 0.4) is 0 Å². The average Bonchev–Trinajstić information content (AvgIpc) is 2.62. The molecule has 7 nitrogen and oxygen atoms in total. The summed E-state index contributed by atoms with van der Waals surface area (Å²) in [5, 5.41) is 2.74. The van der Waals surface area contributed by atoms with Crippen LogP contribution in [0.25, 0.3) is 0 Å². The van der Waals surface area contributed by atoms with Gasteiger partial charge in [-0.1, -0.05) is 12.1 Å². The molecule has 8 heteroatoms. The Hall–Kier alpha value is -2.74. The molecule has 1 heterocycles. The van der Waals surface area contributed by atoms with Crippen molar-refractivity contribution in [2.45, 2.75) is 13.0 Å². The highest BCUT2D eigenvalue weighted by molar-refractivity contribution is 7.92. The Morgan fingerprint density at radius 2 is 1.92 bits per heavy atom. The number of hydrogen-bond donors (Lipinski definition) is 1. The summed E-state index contributed by atoms with van der Waals surface area (Å²) >= 11 is 0. The Morgan fingerprint density at radius 1 is 1.23 bits per heavy atom. The lowest BCUT2D eigenvalue weighted by Gasteiger charge is -2.33. The van der Waals surface area contributed by atoms with E-state index in [4.69, 9.17) is 9.47 Å². The minimum Gasteiger partial charge on any atom is -0.494 e. The van der Waals surface area contributed by atoms with Crippen molar-refractivity contribution in [1.29, 1.82) is 0 Å². The van der Waals surface area contributed by atoms with Gasteiger partial charge in [0.15, 0.2) is 6.10 Å². The van der Waals surface area contributed by atoms with Crippen LogP contribution in [0.15, 0.2) is 48.5 Å². The van der Waals surface area contributed by atoms with Crippen molar-refractivity contribution in [1.82, 2.24) is 0 Å². The Bertz CT molecular complexity index is 896. The van der Waals surface area contributed by atoms with E-state index >= 15 is 0 Å². The summed E-state index contributed by atoms with van der Waals surface area (Å²) in [5.41, 5.74) is 1.01. The second kappa shape index (κ2) is 7.25. The zero-order valence-electron chi connectivity index (χ0n) is 14.5. The predicted molar refractivity (Wildman–Crippen MR) is 99.3 cm³/mol. The fourth-order valence-electron chi connectivity index (χ4n) is 2.68. The third-order valence-corrected chi connectivity index (χ3v) is 5.01. The number of ether oxygens (including phenoxy) is 2. The minimum atomic E-state index is -3.53. The fraction of sp³-hybridized carbons (Fsp3) is 0.278. The van der Waals surface area contributed by atoms with Gasteiger partial charge in [0.25, 0.3) is 5.91 Å². The third-order valence-electron chi connectivity index (χ3n) is 3.86. The van der Waals surface area contributed by atoms with Crippen molar-refractivity contribution in [3.8, 4) is 11.5 Å². The molecular formula is C18H20N2O5S. The number of carbonyl (C=O) groups is 1. The fourth-order valence-corrected chi connectivity index (χ4v) is 3.59. The van der Waals surface area contributed by atoms with Gasteiger partial charge in [0.1, 0.15) is 11.5 Å². The first-order valence-electron chi connectivity index (χ1n) is 8.15. The Balaban J connectivity index is 1.78. The number of fused-ring (bicyclic) bond motifs is 1. The maximum atomic E-state index is 12.6. The van der Waals surface area contributed by atoms with Gasteiger partial charge < -0.3 is 14.8 Å². The van der Waals surface area contributed by atoms with Crippen molar-refractivity contribution < 1.29 is 22.7 Å². The van der Waals surface area contributed by atoms with Crippen LogP contribution in [0.4, 0.5) is 11.4 Å². The lowest BCUT2D eigenvalue weighted by molar-refractivity contribution is -0.122. The summed E-state index contributed by atoms with van der Waals surface area (Å²) in [4.78, 5) is 12.6. The van der Waals surface area contributed by atoms with Gasteiger partial charge in [0.2, 0.25) is 10.0 Å². The van der Waals surface area contributed by atoms with Crippen molar-refractivity contribution in [3.63, 3.8) is 0 Å². The molecule has 0 saturated carbocycles. The molecule has 3 rings (SSSR count). The van der Waals surface area contributed by atoms with E-state index in [1.165, 1.54) is 4.31 Å². The van der Waals surface area contributed by atoms with E-state index in [0.717, 1.165) is 6.26 Å². The molecule has 0 fully saturated rings. The SMILES string of the molecule is CCOc1ccc(NC(=O)[C@@H]2CN(S(C)(=O)=O)c3ccccc3O2)cc1. The molecule has 1 atom stereocenters. The minimum absolute atomic E-state index is 0.0846.